The molecule has 0 radical (unpaired) electrons. The van der Waals surface area contributed by atoms with Gasteiger partial charge in [-0.15, -0.1) is 0 Å². The fourth-order valence-corrected chi connectivity index (χ4v) is 2.04. The van der Waals surface area contributed by atoms with E-state index >= 15 is 0 Å². The summed E-state index contributed by atoms with van der Waals surface area (Å²) in [6.45, 7) is 0. The first-order valence-electron chi connectivity index (χ1n) is 6.24. The van der Waals surface area contributed by atoms with Gasteiger partial charge in [0.2, 0.25) is 5.95 Å². The van der Waals surface area contributed by atoms with Gasteiger partial charge in [-0.25, -0.2) is 4.98 Å². The number of hydrogen-bond acceptors (Lipinski definition) is 4. The Morgan fingerprint density at radius 3 is 2.65 bits per heavy atom. The van der Waals surface area contributed by atoms with Crippen molar-refractivity contribution < 1.29 is 9.47 Å². The van der Waals surface area contributed by atoms with Crippen LogP contribution >= 0.6 is 0 Å². The van der Waals surface area contributed by atoms with E-state index in [1.807, 2.05) is 42.5 Å². The highest BCUT2D eigenvalue weighted by Gasteiger charge is 2.07. The summed E-state index contributed by atoms with van der Waals surface area (Å²) in [5, 5.41) is 3.22. The fourth-order valence-electron chi connectivity index (χ4n) is 2.04. The molecule has 0 spiro atoms. The molecule has 0 atom stereocenters. The molecule has 1 aromatic heterocycles. The normalized spacial score (nSPS) is 10.5. The zero-order chi connectivity index (χ0) is 13.9. The van der Waals surface area contributed by atoms with Gasteiger partial charge >= 0.3 is 0 Å². The van der Waals surface area contributed by atoms with E-state index in [2.05, 4.69) is 15.3 Å². The van der Waals surface area contributed by atoms with Crippen LogP contribution < -0.4 is 14.8 Å². The van der Waals surface area contributed by atoms with E-state index in [9.17, 15) is 0 Å². The third-order valence-corrected chi connectivity index (χ3v) is 3.05. The topological polar surface area (TPSA) is 59.2 Å². The molecule has 5 nitrogen and oxygen atoms in total. The molecule has 3 aromatic rings. The van der Waals surface area contributed by atoms with Crippen LogP contribution in [0.4, 0.5) is 11.6 Å². The Morgan fingerprint density at radius 2 is 1.90 bits per heavy atom. The molecular formula is C15H15N3O2. The summed E-state index contributed by atoms with van der Waals surface area (Å²) in [6, 6.07) is 13.5. The number of ether oxygens (including phenoxy) is 2. The molecule has 0 bridgehead atoms. The fraction of sp³-hybridized carbons (Fsp3) is 0.133. The van der Waals surface area contributed by atoms with Crippen molar-refractivity contribution in [2.45, 2.75) is 0 Å². The largest absolute Gasteiger partial charge is 0.497 e. The number of aromatic amines is 1. The van der Waals surface area contributed by atoms with Gasteiger partial charge in [-0.05, 0) is 24.3 Å². The van der Waals surface area contributed by atoms with Crippen LogP contribution in [0, 0.1) is 0 Å². The Labute approximate surface area is 116 Å². The number of anilines is 2. The molecule has 2 N–H and O–H groups in total. The Bertz CT molecular complexity index is 704. The highest BCUT2D eigenvalue weighted by Crippen LogP contribution is 2.31. The highest BCUT2D eigenvalue weighted by atomic mass is 16.5. The average molecular weight is 269 g/mol. The van der Waals surface area contributed by atoms with Gasteiger partial charge in [-0.3, -0.25) is 0 Å². The average Bonchev–Trinajstić information content (AvgIpc) is 2.90. The van der Waals surface area contributed by atoms with Crippen molar-refractivity contribution in [3.63, 3.8) is 0 Å². The lowest BCUT2D eigenvalue weighted by Gasteiger charge is -2.10. The van der Waals surface area contributed by atoms with Crippen LogP contribution in [0.1, 0.15) is 0 Å². The summed E-state index contributed by atoms with van der Waals surface area (Å²) < 4.78 is 10.5. The lowest BCUT2D eigenvalue weighted by Crippen LogP contribution is -1.96. The zero-order valence-electron chi connectivity index (χ0n) is 11.3. The van der Waals surface area contributed by atoms with Gasteiger partial charge in [-0.2, -0.15) is 0 Å². The number of nitrogens with one attached hydrogen (secondary N) is 2. The van der Waals surface area contributed by atoms with Crippen molar-refractivity contribution >= 4 is 22.7 Å². The maximum atomic E-state index is 5.35. The number of fused-ring (bicyclic) bond motifs is 1. The van der Waals surface area contributed by atoms with E-state index < -0.39 is 0 Å². The number of methoxy groups -OCH3 is 2. The molecule has 5 heteroatoms. The van der Waals surface area contributed by atoms with Gasteiger partial charge in [0.15, 0.2) is 0 Å². The monoisotopic (exact) mass is 269 g/mol. The number of para-hydroxylation sites is 2. The summed E-state index contributed by atoms with van der Waals surface area (Å²) in [7, 11) is 3.25. The van der Waals surface area contributed by atoms with Gasteiger partial charge in [-0.1, -0.05) is 12.1 Å². The lowest BCUT2D eigenvalue weighted by atomic mass is 10.2. The zero-order valence-corrected chi connectivity index (χ0v) is 11.3. The molecule has 1 heterocycles. The predicted octanol–water partition coefficient (Wildman–Crippen LogP) is 3.32. The summed E-state index contributed by atoms with van der Waals surface area (Å²) >= 11 is 0. The van der Waals surface area contributed by atoms with Crippen molar-refractivity contribution in [2.24, 2.45) is 0 Å². The first-order valence-corrected chi connectivity index (χ1v) is 6.24. The molecule has 0 fully saturated rings. The smallest absolute Gasteiger partial charge is 0.205 e. The first kappa shape index (κ1) is 12.3. The molecule has 0 aliphatic rings. The van der Waals surface area contributed by atoms with Gasteiger partial charge in [0.1, 0.15) is 11.5 Å². The van der Waals surface area contributed by atoms with Crippen molar-refractivity contribution in [3.05, 3.63) is 42.5 Å². The molecule has 0 saturated carbocycles. The molecule has 0 saturated heterocycles. The number of H-pyrrole nitrogens is 1. The standard InChI is InChI=1S/C15H15N3O2/c1-19-10-7-8-13(14(9-10)20-2)18-15-16-11-5-3-4-6-12(11)17-15/h3-9H,1-2H3,(H2,16,17,18). The summed E-state index contributed by atoms with van der Waals surface area (Å²) in [5.41, 5.74) is 2.73. The molecule has 2 aromatic carbocycles. The third-order valence-electron chi connectivity index (χ3n) is 3.05. The molecule has 0 aliphatic heterocycles. The maximum Gasteiger partial charge on any atom is 0.205 e. The quantitative estimate of drug-likeness (QED) is 0.762. The SMILES string of the molecule is COc1ccc(Nc2nc3ccccc3[nH]2)c(OC)c1. The van der Waals surface area contributed by atoms with Crippen LogP contribution in [0.15, 0.2) is 42.5 Å². The first-order chi connectivity index (χ1) is 9.80. The molecule has 3 rings (SSSR count). The number of nitrogens with zero attached hydrogens (tertiary/aromatic N) is 1. The van der Waals surface area contributed by atoms with E-state index in [0.717, 1.165) is 22.5 Å². The molecule has 0 unspecified atom stereocenters. The van der Waals surface area contributed by atoms with E-state index in [1.54, 1.807) is 14.2 Å². The Morgan fingerprint density at radius 1 is 1.05 bits per heavy atom. The van der Waals surface area contributed by atoms with Crippen molar-refractivity contribution in [1.82, 2.24) is 9.97 Å². The van der Waals surface area contributed by atoms with Crippen LogP contribution in [0.3, 0.4) is 0 Å². The second-order valence-electron chi connectivity index (χ2n) is 4.29. The highest BCUT2D eigenvalue weighted by molar-refractivity contribution is 5.78. The minimum atomic E-state index is 0.676. The molecule has 102 valence electrons. The van der Waals surface area contributed by atoms with Gasteiger partial charge in [0, 0.05) is 6.07 Å². The summed E-state index contributed by atoms with van der Waals surface area (Å²) in [4.78, 5) is 7.69. The summed E-state index contributed by atoms with van der Waals surface area (Å²) in [6.07, 6.45) is 0. The van der Waals surface area contributed by atoms with Gasteiger partial charge in [0.05, 0.1) is 30.9 Å². The van der Waals surface area contributed by atoms with Gasteiger partial charge < -0.3 is 19.8 Å². The van der Waals surface area contributed by atoms with E-state index in [0.29, 0.717) is 11.7 Å². The van der Waals surface area contributed by atoms with Crippen LogP contribution in [0.25, 0.3) is 11.0 Å². The number of rotatable bonds is 4. The van der Waals surface area contributed by atoms with Crippen molar-refractivity contribution in [1.29, 1.82) is 0 Å². The second-order valence-corrected chi connectivity index (χ2v) is 4.29. The van der Waals surface area contributed by atoms with Crippen molar-refractivity contribution in [2.75, 3.05) is 19.5 Å². The minimum Gasteiger partial charge on any atom is -0.497 e. The Kier molecular flexibility index (Phi) is 3.16. The van der Waals surface area contributed by atoms with E-state index in [4.69, 9.17) is 9.47 Å². The third kappa shape index (κ3) is 2.25. The maximum absolute atomic E-state index is 5.35. The number of aromatic nitrogens is 2. The van der Waals surface area contributed by atoms with Crippen LogP contribution in [-0.2, 0) is 0 Å². The number of hydrogen-bond donors (Lipinski definition) is 2. The Balaban J connectivity index is 1.93. The van der Waals surface area contributed by atoms with Gasteiger partial charge in [0.25, 0.3) is 0 Å². The lowest BCUT2D eigenvalue weighted by molar-refractivity contribution is 0.395. The Hall–Kier alpha value is -2.69. The van der Waals surface area contributed by atoms with Crippen LogP contribution in [0.5, 0.6) is 11.5 Å². The summed E-state index contributed by atoms with van der Waals surface area (Å²) in [5.74, 6) is 2.12. The molecule has 0 amide bonds. The number of benzene rings is 2. The molecular weight excluding hydrogens is 254 g/mol. The van der Waals surface area contributed by atoms with Crippen LogP contribution in [-0.4, -0.2) is 24.2 Å². The van der Waals surface area contributed by atoms with E-state index in [1.165, 1.54) is 0 Å². The second kappa shape index (κ2) is 5.13. The predicted molar refractivity (Wildman–Crippen MR) is 78.9 cm³/mol. The van der Waals surface area contributed by atoms with Crippen LogP contribution in [0.2, 0.25) is 0 Å². The minimum absolute atomic E-state index is 0.676. The van der Waals surface area contributed by atoms with Crippen molar-refractivity contribution in [3.8, 4) is 11.5 Å². The molecule has 0 aliphatic carbocycles. The number of imidazole rings is 1. The molecule has 20 heavy (non-hydrogen) atoms. The van der Waals surface area contributed by atoms with E-state index in [-0.39, 0.29) is 0 Å².